The van der Waals surface area contributed by atoms with E-state index in [1.165, 1.54) is 0 Å². The van der Waals surface area contributed by atoms with Gasteiger partial charge in [0.1, 0.15) is 0 Å². The Labute approximate surface area is 170 Å². The molecule has 0 bridgehead atoms. The van der Waals surface area contributed by atoms with E-state index in [4.69, 9.17) is 0 Å². The summed E-state index contributed by atoms with van der Waals surface area (Å²) in [5.41, 5.74) is 3.68. The summed E-state index contributed by atoms with van der Waals surface area (Å²) in [6.07, 6.45) is 3.45. The highest BCUT2D eigenvalue weighted by Gasteiger charge is 2.18. The van der Waals surface area contributed by atoms with Crippen molar-refractivity contribution >= 4 is 23.3 Å². The van der Waals surface area contributed by atoms with Crippen LogP contribution in [0.2, 0.25) is 0 Å². The van der Waals surface area contributed by atoms with Gasteiger partial charge >= 0.3 is 6.03 Å². The average Bonchev–Trinajstić information content (AvgIpc) is 2.76. The Morgan fingerprint density at radius 3 is 2.45 bits per heavy atom. The maximum atomic E-state index is 12.7. The van der Waals surface area contributed by atoms with Crippen molar-refractivity contribution in [2.45, 2.75) is 19.9 Å². The van der Waals surface area contributed by atoms with Crippen LogP contribution in [0.3, 0.4) is 0 Å². The van der Waals surface area contributed by atoms with Gasteiger partial charge in [0.25, 0.3) is 5.91 Å². The topological polar surface area (TPSA) is 74.3 Å². The SMILES string of the molecule is Cc1ccc(NC(=O)c2ccccc2)cc1NC(=O)N(C)C(C)c1cccnc1. The zero-order valence-electron chi connectivity index (χ0n) is 16.7. The first-order valence-corrected chi connectivity index (χ1v) is 9.36. The number of hydrogen-bond donors (Lipinski definition) is 2. The normalized spacial score (nSPS) is 11.4. The molecule has 6 nitrogen and oxygen atoms in total. The summed E-state index contributed by atoms with van der Waals surface area (Å²) in [4.78, 5) is 30.8. The maximum Gasteiger partial charge on any atom is 0.322 e. The number of carbonyl (C=O) groups excluding carboxylic acids is 2. The molecule has 148 valence electrons. The van der Waals surface area contributed by atoms with Crippen LogP contribution in [0.15, 0.2) is 73.1 Å². The summed E-state index contributed by atoms with van der Waals surface area (Å²) in [6.45, 7) is 3.85. The molecule has 0 spiro atoms. The Morgan fingerprint density at radius 1 is 1.00 bits per heavy atom. The van der Waals surface area contributed by atoms with Crippen LogP contribution in [0.1, 0.15) is 34.5 Å². The Balaban J connectivity index is 1.71. The van der Waals surface area contributed by atoms with E-state index in [0.29, 0.717) is 16.9 Å². The number of amides is 3. The quantitative estimate of drug-likeness (QED) is 0.655. The third kappa shape index (κ3) is 4.99. The standard InChI is InChI=1S/C23H24N4O2/c1-16-11-12-20(25-22(28)18-8-5-4-6-9-18)14-21(16)26-23(29)27(3)17(2)19-10-7-13-24-15-19/h4-15,17H,1-3H3,(H,25,28)(H,26,29). The molecular formula is C23H24N4O2. The van der Waals surface area contributed by atoms with E-state index < -0.39 is 0 Å². The molecule has 1 heterocycles. The minimum atomic E-state index is -0.240. The number of aryl methyl sites for hydroxylation is 1. The summed E-state index contributed by atoms with van der Waals surface area (Å²) in [5.74, 6) is -0.200. The van der Waals surface area contributed by atoms with Crippen LogP contribution in [-0.4, -0.2) is 28.9 Å². The molecule has 1 unspecified atom stereocenters. The molecule has 3 amide bonds. The van der Waals surface area contributed by atoms with Crippen molar-refractivity contribution in [3.8, 4) is 0 Å². The second kappa shape index (κ2) is 9.01. The van der Waals surface area contributed by atoms with Crippen LogP contribution >= 0.6 is 0 Å². The molecular weight excluding hydrogens is 364 g/mol. The second-order valence-corrected chi connectivity index (χ2v) is 6.85. The highest BCUT2D eigenvalue weighted by atomic mass is 16.2. The molecule has 0 saturated carbocycles. The number of nitrogens with zero attached hydrogens (tertiary/aromatic N) is 2. The smallest absolute Gasteiger partial charge is 0.322 e. The van der Waals surface area contributed by atoms with Gasteiger partial charge in [0.2, 0.25) is 0 Å². The third-order valence-corrected chi connectivity index (χ3v) is 4.84. The second-order valence-electron chi connectivity index (χ2n) is 6.85. The lowest BCUT2D eigenvalue weighted by Crippen LogP contribution is -2.33. The Kier molecular flexibility index (Phi) is 6.24. The number of nitrogens with one attached hydrogen (secondary N) is 2. The van der Waals surface area contributed by atoms with E-state index in [1.54, 1.807) is 42.5 Å². The van der Waals surface area contributed by atoms with Crippen LogP contribution in [0.4, 0.5) is 16.2 Å². The number of rotatable bonds is 5. The molecule has 0 aliphatic carbocycles. The van der Waals surface area contributed by atoms with Crippen LogP contribution in [-0.2, 0) is 0 Å². The van der Waals surface area contributed by atoms with Crippen molar-refractivity contribution in [2.24, 2.45) is 0 Å². The lowest BCUT2D eigenvalue weighted by Gasteiger charge is -2.25. The van der Waals surface area contributed by atoms with Gasteiger partial charge in [-0.15, -0.1) is 0 Å². The largest absolute Gasteiger partial charge is 0.322 e. The Hall–Kier alpha value is -3.67. The van der Waals surface area contributed by atoms with Crippen molar-refractivity contribution in [1.82, 2.24) is 9.88 Å². The Bertz CT molecular complexity index is 990. The van der Waals surface area contributed by atoms with E-state index >= 15 is 0 Å². The van der Waals surface area contributed by atoms with Crippen molar-refractivity contribution in [2.75, 3.05) is 17.7 Å². The first kappa shape index (κ1) is 20.1. The summed E-state index contributed by atoms with van der Waals surface area (Å²) in [7, 11) is 1.74. The minimum Gasteiger partial charge on any atom is -0.322 e. The third-order valence-electron chi connectivity index (χ3n) is 4.84. The number of hydrogen-bond acceptors (Lipinski definition) is 3. The van der Waals surface area contributed by atoms with Crippen molar-refractivity contribution in [3.63, 3.8) is 0 Å². The fourth-order valence-corrected chi connectivity index (χ4v) is 2.85. The summed E-state index contributed by atoms with van der Waals surface area (Å²) in [5, 5.41) is 5.79. The predicted molar refractivity (Wildman–Crippen MR) is 115 cm³/mol. The van der Waals surface area contributed by atoms with E-state index in [2.05, 4.69) is 15.6 Å². The molecule has 2 aromatic carbocycles. The number of benzene rings is 2. The van der Waals surface area contributed by atoms with Crippen molar-refractivity contribution < 1.29 is 9.59 Å². The molecule has 2 N–H and O–H groups in total. The van der Waals surface area contributed by atoms with Crippen molar-refractivity contribution in [1.29, 1.82) is 0 Å². The van der Waals surface area contributed by atoms with Gasteiger partial charge in [0.15, 0.2) is 0 Å². The van der Waals surface area contributed by atoms with Gasteiger partial charge in [-0.25, -0.2) is 4.79 Å². The summed E-state index contributed by atoms with van der Waals surface area (Å²) in [6, 6.07) is 17.8. The molecule has 0 fully saturated rings. The molecule has 0 aliphatic rings. The van der Waals surface area contributed by atoms with Gasteiger partial charge in [0, 0.05) is 36.4 Å². The lowest BCUT2D eigenvalue weighted by atomic mass is 10.1. The molecule has 3 rings (SSSR count). The molecule has 6 heteroatoms. The highest BCUT2D eigenvalue weighted by molar-refractivity contribution is 6.04. The Morgan fingerprint density at radius 2 is 1.76 bits per heavy atom. The lowest BCUT2D eigenvalue weighted by molar-refractivity contribution is 0.102. The van der Waals surface area contributed by atoms with Gasteiger partial charge in [-0.05, 0) is 55.3 Å². The number of aromatic nitrogens is 1. The van der Waals surface area contributed by atoms with E-state index in [0.717, 1.165) is 11.1 Å². The summed E-state index contributed by atoms with van der Waals surface area (Å²) >= 11 is 0. The molecule has 1 atom stereocenters. The van der Waals surface area contributed by atoms with Gasteiger partial charge in [-0.3, -0.25) is 9.78 Å². The average molecular weight is 388 g/mol. The van der Waals surface area contributed by atoms with E-state index in [9.17, 15) is 9.59 Å². The van der Waals surface area contributed by atoms with Gasteiger partial charge < -0.3 is 15.5 Å². The highest BCUT2D eigenvalue weighted by Crippen LogP contribution is 2.23. The monoisotopic (exact) mass is 388 g/mol. The van der Waals surface area contributed by atoms with Crippen LogP contribution in [0.5, 0.6) is 0 Å². The molecule has 0 saturated heterocycles. The van der Waals surface area contributed by atoms with Crippen LogP contribution in [0.25, 0.3) is 0 Å². The number of carbonyl (C=O) groups is 2. The van der Waals surface area contributed by atoms with Gasteiger partial charge in [-0.2, -0.15) is 0 Å². The number of anilines is 2. The molecule has 1 aromatic heterocycles. The van der Waals surface area contributed by atoms with E-state index in [-0.39, 0.29) is 18.0 Å². The fraction of sp³-hybridized carbons (Fsp3) is 0.174. The van der Waals surface area contributed by atoms with Gasteiger partial charge in [0.05, 0.1) is 6.04 Å². The number of pyridine rings is 1. The first-order valence-electron chi connectivity index (χ1n) is 9.36. The van der Waals surface area contributed by atoms with Crippen molar-refractivity contribution in [3.05, 3.63) is 89.7 Å². The predicted octanol–water partition coefficient (Wildman–Crippen LogP) is 4.87. The van der Waals surface area contributed by atoms with E-state index in [1.807, 2.05) is 56.3 Å². The van der Waals surface area contributed by atoms with Gasteiger partial charge in [-0.1, -0.05) is 30.3 Å². The number of urea groups is 1. The zero-order chi connectivity index (χ0) is 20.8. The molecule has 29 heavy (non-hydrogen) atoms. The zero-order valence-corrected chi connectivity index (χ0v) is 16.7. The van der Waals surface area contributed by atoms with Crippen LogP contribution < -0.4 is 10.6 Å². The fourth-order valence-electron chi connectivity index (χ4n) is 2.85. The summed E-state index contributed by atoms with van der Waals surface area (Å²) < 4.78 is 0. The van der Waals surface area contributed by atoms with Crippen LogP contribution in [0, 0.1) is 6.92 Å². The minimum absolute atomic E-state index is 0.134. The first-order chi connectivity index (χ1) is 14.0. The molecule has 3 aromatic rings. The molecule has 0 radical (unpaired) electrons. The molecule has 0 aliphatic heterocycles. The maximum absolute atomic E-state index is 12.7.